The zero-order chi connectivity index (χ0) is 21.3. The van der Waals surface area contributed by atoms with Crippen molar-refractivity contribution in [1.29, 1.82) is 0 Å². The van der Waals surface area contributed by atoms with E-state index >= 15 is 0 Å². The van der Waals surface area contributed by atoms with E-state index in [1.54, 1.807) is 37.4 Å². The van der Waals surface area contributed by atoms with Gasteiger partial charge in [0.15, 0.2) is 5.76 Å². The van der Waals surface area contributed by atoms with E-state index in [4.69, 9.17) is 13.9 Å². The van der Waals surface area contributed by atoms with E-state index in [0.29, 0.717) is 22.3 Å². The Morgan fingerprint density at radius 3 is 2.37 bits per heavy atom. The van der Waals surface area contributed by atoms with E-state index in [0.717, 1.165) is 11.1 Å². The van der Waals surface area contributed by atoms with Gasteiger partial charge in [0.25, 0.3) is 0 Å². The van der Waals surface area contributed by atoms with Crippen LogP contribution in [0.25, 0.3) is 22.3 Å². The van der Waals surface area contributed by atoms with Crippen LogP contribution < -0.4 is 14.9 Å². The molecule has 6 heteroatoms. The van der Waals surface area contributed by atoms with E-state index in [9.17, 15) is 9.59 Å². The third kappa shape index (κ3) is 3.55. The zero-order valence-electron chi connectivity index (χ0n) is 16.8. The van der Waals surface area contributed by atoms with Gasteiger partial charge in [-0.3, -0.25) is 9.78 Å². The Hall–Kier alpha value is -3.93. The summed E-state index contributed by atoms with van der Waals surface area (Å²) in [6.45, 7) is 3.75. The summed E-state index contributed by atoms with van der Waals surface area (Å²) in [5.41, 5.74) is 2.62. The van der Waals surface area contributed by atoms with Crippen molar-refractivity contribution in [2.45, 2.75) is 13.8 Å². The number of hydrogen-bond donors (Lipinski definition) is 0. The number of aryl methyl sites for hydroxylation is 2. The summed E-state index contributed by atoms with van der Waals surface area (Å²) in [4.78, 5) is 29.9. The third-order valence-corrected chi connectivity index (χ3v) is 4.76. The largest absolute Gasteiger partial charge is 0.497 e. The summed E-state index contributed by atoms with van der Waals surface area (Å²) in [5, 5.41) is 0.385. The molecule has 0 amide bonds. The molecule has 0 unspecified atom stereocenters. The predicted molar refractivity (Wildman–Crippen MR) is 113 cm³/mol. The van der Waals surface area contributed by atoms with Gasteiger partial charge in [-0.15, -0.1) is 0 Å². The van der Waals surface area contributed by atoms with Crippen LogP contribution in [0.4, 0.5) is 0 Å². The molecule has 0 atom stereocenters. The molecule has 0 aliphatic rings. The fourth-order valence-electron chi connectivity index (χ4n) is 3.34. The standard InChI is InChI=1S/C24H19NO5/c1-14-12-15(2)20-19(13-14)29-22(16-4-6-18(28-3)7-5-16)23(21(20)26)30-24(27)17-8-10-25-11-9-17/h4-13H,1-3H3. The van der Waals surface area contributed by atoms with Gasteiger partial charge in [0.2, 0.25) is 11.2 Å². The van der Waals surface area contributed by atoms with Crippen LogP contribution in [-0.4, -0.2) is 18.1 Å². The van der Waals surface area contributed by atoms with Crippen molar-refractivity contribution in [3.63, 3.8) is 0 Å². The summed E-state index contributed by atoms with van der Waals surface area (Å²) in [7, 11) is 1.57. The molecule has 0 saturated heterocycles. The zero-order valence-corrected chi connectivity index (χ0v) is 16.8. The summed E-state index contributed by atoms with van der Waals surface area (Å²) in [6, 6.07) is 13.7. The Bertz CT molecular complexity index is 1290. The maximum Gasteiger partial charge on any atom is 0.343 e. The lowest BCUT2D eigenvalue weighted by Gasteiger charge is -2.12. The van der Waals surface area contributed by atoms with Crippen molar-refractivity contribution in [3.05, 3.63) is 87.8 Å². The molecule has 4 rings (SSSR count). The molecule has 0 radical (unpaired) electrons. The Kier molecular flexibility index (Phi) is 5.06. The molecular weight excluding hydrogens is 382 g/mol. The van der Waals surface area contributed by atoms with Gasteiger partial charge in [0, 0.05) is 18.0 Å². The van der Waals surface area contributed by atoms with Crippen molar-refractivity contribution in [1.82, 2.24) is 4.98 Å². The molecular formula is C24H19NO5. The van der Waals surface area contributed by atoms with Crippen LogP contribution in [0, 0.1) is 13.8 Å². The maximum absolute atomic E-state index is 13.4. The highest BCUT2D eigenvalue weighted by atomic mass is 16.5. The normalized spacial score (nSPS) is 10.8. The van der Waals surface area contributed by atoms with Crippen LogP contribution in [0.5, 0.6) is 11.5 Å². The van der Waals surface area contributed by atoms with Gasteiger partial charge in [0.05, 0.1) is 18.1 Å². The second-order valence-electron chi connectivity index (χ2n) is 6.90. The van der Waals surface area contributed by atoms with E-state index in [1.807, 2.05) is 19.9 Å². The van der Waals surface area contributed by atoms with E-state index in [2.05, 4.69) is 4.98 Å². The van der Waals surface area contributed by atoms with Crippen LogP contribution in [0.3, 0.4) is 0 Å². The molecule has 2 aromatic heterocycles. The Labute approximate surface area is 172 Å². The minimum Gasteiger partial charge on any atom is -0.497 e. The first-order chi connectivity index (χ1) is 14.5. The Balaban J connectivity index is 1.94. The molecule has 150 valence electrons. The highest BCUT2D eigenvalue weighted by Gasteiger charge is 2.22. The molecule has 0 N–H and O–H groups in total. The number of pyridine rings is 1. The molecule has 0 spiro atoms. The fourth-order valence-corrected chi connectivity index (χ4v) is 3.34. The van der Waals surface area contributed by atoms with Crippen LogP contribution in [0.15, 0.2) is 70.1 Å². The minimum atomic E-state index is -0.663. The van der Waals surface area contributed by atoms with E-state index in [1.165, 1.54) is 24.5 Å². The Morgan fingerprint density at radius 1 is 1.00 bits per heavy atom. The molecule has 2 aromatic carbocycles. The van der Waals surface area contributed by atoms with E-state index < -0.39 is 11.4 Å². The third-order valence-electron chi connectivity index (χ3n) is 4.76. The summed E-state index contributed by atoms with van der Waals surface area (Å²) in [5.74, 6) is 0.0245. The molecule has 2 heterocycles. The second-order valence-corrected chi connectivity index (χ2v) is 6.90. The van der Waals surface area contributed by atoms with Crippen molar-refractivity contribution < 1.29 is 18.7 Å². The lowest BCUT2D eigenvalue weighted by atomic mass is 10.0. The molecule has 0 aliphatic carbocycles. The van der Waals surface area contributed by atoms with Crippen LogP contribution in [0.1, 0.15) is 21.5 Å². The van der Waals surface area contributed by atoms with Crippen molar-refractivity contribution in [2.75, 3.05) is 7.11 Å². The number of methoxy groups -OCH3 is 1. The van der Waals surface area contributed by atoms with Crippen LogP contribution in [-0.2, 0) is 0 Å². The first-order valence-electron chi connectivity index (χ1n) is 9.32. The number of benzene rings is 2. The van der Waals surface area contributed by atoms with Gasteiger partial charge in [0.1, 0.15) is 11.3 Å². The summed E-state index contributed by atoms with van der Waals surface area (Å²) in [6.07, 6.45) is 2.97. The van der Waals surface area contributed by atoms with Gasteiger partial charge in [-0.1, -0.05) is 6.07 Å². The minimum absolute atomic E-state index is 0.151. The van der Waals surface area contributed by atoms with Crippen molar-refractivity contribution in [2.24, 2.45) is 0 Å². The number of rotatable bonds is 4. The fraction of sp³-hybridized carbons (Fsp3) is 0.125. The summed E-state index contributed by atoms with van der Waals surface area (Å²) >= 11 is 0. The first kappa shape index (κ1) is 19.4. The molecule has 30 heavy (non-hydrogen) atoms. The molecule has 0 aliphatic heterocycles. The molecule has 6 nitrogen and oxygen atoms in total. The average Bonchev–Trinajstić information content (AvgIpc) is 2.75. The SMILES string of the molecule is COc1ccc(-c2oc3cc(C)cc(C)c3c(=O)c2OC(=O)c2ccncc2)cc1. The van der Waals surface area contributed by atoms with Gasteiger partial charge in [-0.2, -0.15) is 0 Å². The van der Waals surface area contributed by atoms with Crippen molar-refractivity contribution in [3.8, 4) is 22.8 Å². The van der Waals surface area contributed by atoms with Crippen LogP contribution in [0.2, 0.25) is 0 Å². The highest BCUT2D eigenvalue weighted by molar-refractivity contribution is 5.93. The average molecular weight is 401 g/mol. The molecule has 0 bridgehead atoms. The topological polar surface area (TPSA) is 78.6 Å². The predicted octanol–water partition coefficient (Wildman–Crippen LogP) is 4.70. The van der Waals surface area contributed by atoms with Gasteiger partial charge >= 0.3 is 5.97 Å². The summed E-state index contributed by atoms with van der Waals surface area (Å²) < 4.78 is 16.9. The molecule has 4 aromatic rings. The second kappa shape index (κ2) is 7.83. The number of fused-ring (bicyclic) bond motifs is 1. The lowest BCUT2D eigenvalue weighted by molar-refractivity contribution is 0.0731. The number of ether oxygens (including phenoxy) is 2. The number of carbonyl (C=O) groups is 1. The number of esters is 1. The lowest BCUT2D eigenvalue weighted by Crippen LogP contribution is -2.17. The van der Waals surface area contributed by atoms with Gasteiger partial charge in [-0.05, 0) is 67.4 Å². The number of hydrogen-bond acceptors (Lipinski definition) is 6. The monoisotopic (exact) mass is 401 g/mol. The maximum atomic E-state index is 13.4. The Morgan fingerprint density at radius 2 is 1.70 bits per heavy atom. The number of aromatic nitrogens is 1. The smallest absolute Gasteiger partial charge is 0.343 e. The molecule has 0 saturated carbocycles. The number of carbonyl (C=O) groups excluding carboxylic acids is 1. The first-order valence-corrected chi connectivity index (χ1v) is 9.32. The van der Waals surface area contributed by atoms with E-state index in [-0.39, 0.29) is 17.1 Å². The van der Waals surface area contributed by atoms with Gasteiger partial charge < -0.3 is 13.9 Å². The van der Waals surface area contributed by atoms with Crippen LogP contribution >= 0.6 is 0 Å². The number of nitrogens with zero attached hydrogens (tertiary/aromatic N) is 1. The van der Waals surface area contributed by atoms with Crippen molar-refractivity contribution >= 4 is 16.9 Å². The highest BCUT2D eigenvalue weighted by Crippen LogP contribution is 2.33. The quantitative estimate of drug-likeness (QED) is 0.461. The molecule has 0 fully saturated rings. The van der Waals surface area contributed by atoms with Gasteiger partial charge in [-0.25, -0.2) is 4.79 Å².